The van der Waals surface area contributed by atoms with E-state index in [1.807, 2.05) is 26.8 Å². The summed E-state index contributed by atoms with van der Waals surface area (Å²) in [6, 6.07) is 11.9. The molecule has 1 fully saturated rings. The molecule has 2 aromatic carbocycles. The molecule has 0 bridgehead atoms. The highest BCUT2D eigenvalue weighted by Gasteiger charge is 2.36. The molecule has 1 aliphatic carbocycles. The number of aliphatic carboxylic acids is 1. The number of benzene rings is 2. The zero-order valence-electron chi connectivity index (χ0n) is 23.0. The van der Waals surface area contributed by atoms with Crippen LogP contribution in [0.15, 0.2) is 48.7 Å². The van der Waals surface area contributed by atoms with Crippen LogP contribution < -0.4 is 9.47 Å². The van der Waals surface area contributed by atoms with E-state index in [-0.39, 0.29) is 48.0 Å². The number of aromatic nitrogens is 1. The van der Waals surface area contributed by atoms with Gasteiger partial charge in [-0.25, -0.2) is 13.8 Å². The molecule has 208 valence electrons. The Labute approximate surface area is 227 Å². The van der Waals surface area contributed by atoms with E-state index in [9.17, 15) is 14.3 Å². The van der Waals surface area contributed by atoms with Crippen molar-refractivity contribution in [2.45, 2.75) is 58.7 Å². The molecule has 0 unspecified atom stereocenters. The number of nitrogens with zero attached hydrogens (tertiary/aromatic N) is 1. The van der Waals surface area contributed by atoms with Gasteiger partial charge in [-0.15, -0.1) is 0 Å². The van der Waals surface area contributed by atoms with Crippen LogP contribution in [0.2, 0.25) is 0 Å². The number of hydrogen-bond donors (Lipinski definition) is 1. The van der Waals surface area contributed by atoms with E-state index >= 15 is 4.39 Å². The minimum atomic E-state index is -0.944. The number of carboxylic acid groups (broad SMARTS) is 1. The van der Waals surface area contributed by atoms with Gasteiger partial charge >= 0.3 is 5.97 Å². The number of methoxy groups -OCH3 is 2. The molecule has 2 atom stereocenters. The third-order valence-electron chi connectivity index (χ3n) is 7.12. The molecule has 39 heavy (non-hydrogen) atoms. The summed E-state index contributed by atoms with van der Waals surface area (Å²) in [5.74, 6) is -1.80. The molecule has 1 aromatic heterocycles. The van der Waals surface area contributed by atoms with Crippen LogP contribution in [-0.4, -0.2) is 30.3 Å². The largest absolute Gasteiger partial charge is 0.486 e. The van der Waals surface area contributed by atoms with Gasteiger partial charge in [0, 0.05) is 24.7 Å². The Hall–Kier alpha value is -3.52. The van der Waals surface area contributed by atoms with Crippen LogP contribution >= 0.6 is 0 Å². The molecule has 0 radical (unpaired) electrons. The average molecular weight is 540 g/mol. The number of rotatable bonds is 11. The minimum absolute atomic E-state index is 0.0589. The summed E-state index contributed by atoms with van der Waals surface area (Å²) in [7, 11) is 3.09. The monoisotopic (exact) mass is 539 g/mol. The van der Waals surface area contributed by atoms with Gasteiger partial charge in [0.25, 0.3) is 0 Å². The molecule has 0 aliphatic heterocycles. The lowest BCUT2D eigenvalue weighted by atomic mass is 9.81. The highest BCUT2D eigenvalue weighted by atomic mass is 19.1. The Kier molecular flexibility index (Phi) is 8.54. The molecule has 8 heteroatoms. The van der Waals surface area contributed by atoms with Gasteiger partial charge in [0.15, 0.2) is 11.6 Å². The van der Waals surface area contributed by atoms with E-state index in [4.69, 9.17) is 14.2 Å². The second-order valence-electron chi connectivity index (χ2n) is 11.1. The lowest BCUT2D eigenvalue weighted by Gasteiger charge is -2.32. The SMILES string of the molecule is COc1cc(-c2ccc(COc3cccc([C@@H](CC(=O)O)C4CC4)c3F)cc2[C@H](OC)C(C)(C)C)c(F)cn1. The van der Waals surface area contributed by atoms with Crippen molar-refractivity contribution < 1.29 is 32.9 Å². The number of hydrogen-bond acceptors (Lipinski definition) is 5. The van der Waals surface area contributed by atoms with E-state index in [0.717, 1.165) is 30.2 Å². The number of ether oxygens (including phenoxy) is 3. The van der Waals surface area contributed by atoms with Gasteiger partial charge in [-0.2, -0.15) is 0 Å². The van der Waals surface area contributed by atoms with Crippen molar-refractivity contribution in [1.29, 1.82) is 0 Å². The van der Waals surface area contributed by atoms with Crippen LogP contribution in [0, 0.1) is 23.0 Å². The number of carbonyl (C=O) groups is 1. The molecule has 3 aromatic rings. The van der Waals surface area contributed by atoms with E-state index in [1.165, 1.54) is 7.11 Å². The third-order valence-corrected chi connectivity index (χ3v) is 7.12. The van der Waals surface area contributed by atoms with Crippen LogP contribution in [0.25, 0.3) is 11.1 Å². The molecule has 6 nitrogen and oxygen atoms in total. The lowest BCUT2D eigenvalue weighted by molar-refractivity contribution is -0.137. The summed E-state index contributed by atoms with van der Waals surface area (Å²) < 4.78 is 47.4. The predicted molar refractivity (Wildman–Crippen MR) is 144 cm³/mol. The Morgan fingerprint density at radius 3 is 2.44 bits per heavy atom. The summed E-state index contributed by atoms with van der Waals surface area (Å²) in [5.41, 5.74) is 2.52. The maximum atomic E-state index is 15.5. The highest BCUT2D eigenvalue weighted by Crippen LogP contribution is 2.46. The number of pyridine rings is 1. The van der Waals surface area contributed by atoms with Crippen molar-refractivity contribution in [3.05, 3.63) is 77.0 Å². The van der Waals surface area contributed by atoms with Crippen LogP contribution in [0.3, 0.4) is 0 Å². The highest BCUT2D eigenvalue weighted by molar-refractivity contribution is 5.70. The summed E-state index contributed by atoms with van der Waals surface area (Å²) in [5, 5.41) is 9.34. The smallest absolute Gasteiger partial charge is 0.303 e. The quantitative estimate of drug-likeness (QED) is 0.275. The zero-order valence-corrected chi connectivity index (χ0v) is 23.0. The Bertz CT molecular complexity index is 1330. The normalized spacial score (nSPS) is 15.1. The summed E-state index contributed by atoms with van der Waals surface area (Å²) in [6.45, 7) is 6.16. The first-order valence-electron chi connectivity index (χ1n) is 13.0. The van der Waals surface area contributed by atoms with Crippen LogP contribution in [0.4, 0.5) is 8.78 Å². The van der Waals surface area contributed by atoms with Gasteiger partial charge in [0.1, 0.15) is 12.4 Å². The number of carboxylic acids is 1. The maximum Gasteiger partial charge on any atom is 0.303 e. The van der Waals surface area contributed by atoms with Crippen molar-refractivity contribution in [2.75, 3.05) is 14.2 Å². The van der Waals surface area contributed by atoms with Crippen LogP contribution in [-0.2, 0) is 16.1 Å². The predicted octanol–water partition coefficient (Wildman–Crippen LogP) is 7.32. The molecular weight excluding hydrogens is 504 g/mol. The van der Waals surface area contributed by atoms with Crippen molar-refractivity contribution in [1.82, 2.24) is 4.98 Å². The first kappa shape index (κ1) is 28.5. The van der Waals surface area contributed by atoms with E-state index in [0.29, 0.717) is 16.7 Å². The van der Waals surface area contributed by atoms with E-state index < -0.39 is 17.6 Å². The minimum Gasteiger partial charge on any atom is -0.486 e. The third kappa shape index (κ3) is 6.56. The molecule has 1 heterocycles. The second kappa shape index (κ2) is 11.7. The maximum absolute atomic E-state index is 15.5. The molecule has 4 rings (SSSR count). The van der Waals surface area contributed by atoms with Gasteiger partial charge in [0.2, 0.25) is 5.88 Å². The van der Waals surface area contributed by atoms with Crippen molar-refractivity contribution >= 4 is 5.97 Å². The molecule has 0 amide bonds. The van der Waals surface area contributed by atoms with Gasteiger partial charge in [-0.3, -0.25) is 4.79 Å². The molecule has 1 saturated carbocycles. The second-order valence-corrected chi connectivity index (χ2v) is 11.1. The Balaban J connectivity index is 1.67. The first-order chi connectivity index (χ1) is 18.5. The summed E-state index contributed by atoms with van der Waals surface area (Å²) in [6.07, 6.45) is 2.42. The lowest BCUT2D eigenvalue weighted by Crippen LogP contribution is -2.21. The van der Waals surface area contributed by atoms with Crippen LogP contribution in [0.1, 0.15) is 68.7 Å². The standard InChI is InChI=1S/C31H35F2NO5/c1-31(2,3)30(38-5)24-13-18(9-12-20(24)23-14-27(37-4)34-16-25(23)32)17-39-26-8-6-7-21(29(26)33)22(15-28(35)36)19-10-11-19/h6-9,12-14,16,19,22,30H,10-11,15,17H2,1-5H3,(H,35,36)/t22-,30-/m0/s1. The fourth-order valence-electron chi connectivity index (χ4n) is 5.15. The fourth-order valence-corrected chi connectivity index (χ4v) is 5.15. The van der Waals surface area contributed by atoms with Gasteiger partial charge in [0.05, 0.1) is 25.8 Å². The van der Waals surface area contributed by atoms with Crippen molar-refractivity contribution in [2.24, 2.45) is 11.3 Å². The van der Waals surface area contributed by atoms with Gasteiger partial charge in [-0.1, -0.05) is 45.0 Å². The molecule has 1 aliphatic rings. The Morgan fingerprint density at radius 1 is 1.08 bits per heavy atom. The van der Waals surface area contributed by atoms with E-state index in [2.05, 4.69) is 4.98 Å². The van der Waals surface area contributed by atoms with Gasteiger partial charge < -0.3 is 19.3 Å². The van der Waals surface area contributed by atoms with Gasteiger partial charge in [-0.05, 0) is 58.6 Å². The molecule has 0 saturated heterocycles. The first-order valence-corrected chi connectivity index (χ1v) is 13.0. The van der Waals surface area contributed by atoms with E-state index in [1.54, 1.807) is 43.5 Å². The summed E-state index contributed by atoms with van der Waals surface area (Å²) >= 11 is 0. The number of halogens is 2. The summed E-state index contributed by atoms with van der Waals surface area (Å²) in [4.78, 5) is 15.3. The van der Waals surface area contributed by atoms with Crippen molar-refractivity contribution in [3.8, 4) is 22.8 Å². The zero-order chi connectivity index (χ0) is 28.3. The topological polar surface area (TPSA) is 77.9 Å². The van der Waals surface area contributed by atoms with Crippen molar-refractivity contribution in [3.63, 3.8) is 0 Å². The molecule has 1 N–H and O–H groups in total. The molecule has 0 spiro atoms. The average Bonchev–Trinajstić information content (AvgIpc) is 3.72. The molecular formula is C31H35F2NO5. The fraction of sp³-hybridized carbons (Fsp3) is 0.419. The Morgan fingerprint density at radius 2 is 1.82 bits per heavy atom. The van der Waals surface area contributed by atoms with Crippen LogP contribution in [0.5, 0.6) is 11.6 Å².